The van der Waals surface area contributed by atoms with Crippen molar-refractivity contribution in [2.45, 2.75) is 46.2 Å². The lowest BCUT2D eigenvalue weighted by Crippen LogP contribution is -2.35. The van der Waals surface area contributed by atoms with Gasteiger partial charge in [0.2, 0.25) is 0 Å². The highest BCUT2D eigenvalue weighted by molar-refractivity contribution is 5.30. The standard InChI is InChI=1S/C16H23N3O/c1-12(2)5-9-19-15-6-8-18(3)11-14(15)10-13(4-7-17)16(19)20/h10,12H,4-6,8-9,11H2,1-3H3. The second-order valence-electron chi connectivity index (χ2n) is 6.10. The van der Waals surface area contributed by atoms with E-state index in [0.717, 1.165) is 32.5 Å². The Morgan fingerprint density at radius 1 is 1.45 bits per heavy atom. The van der Waals surface area contributed by atoms with Crippen LogP contribution in [0.5, 0.6) is 0 Å². The minimum absolute atomic E-state index is 0.0375. The van der Waals surface area contributed by atoms with E-state index in [-0.39, 0.29) is 12.0 Å². The first-order valence-corrected chi connectivity index (χ1v) is 7.33. The Bertz CT molecular complexity index is 581. The van der Waals surface area contributed by atoms with E-state index in [9.17, 15) is 4.79 Å². The van der Waals surface area contributed by atoms with Gasteiger partial charge in [-0.15, -0.1) is 0 Å². The number of hydrogen-bond donors (Lipinski definition) is 0. The number of fused-ring (bicyclic) bond motifs is 1. The van der Waals surface area contributed by atoms with Gasteiger partial charge >= 0.3 is 0 Å². The van der Waals surface area contributed by atoms with Gasteiger partial charge in [-0.2, -0.15) is 5.26 Å². The van der Waals surface area contributed by atoms with Crippen molar-refractivity contribution in [2.24, 2.45) is 5.92 Å². The topological polar surface area (TPSA) is 49.0 Å². The molecule has 0 atom stereocenters. The molecule has 4 nitrogen and oxygen atoms in total. The minimum Gasteiger partial charge on any atom is -0.312 e. The van der Waals surface area contributed by atoms with Crippen LogP contribution in [0, 0.1) is 17.2 Å². The van der Waals surface area contributed by atoms with E-state index in [1.807, 2.05) is 10.6 Å². The van der Waals surface area contributed by atoms with E-state index < -0.39 is 0 Å². The lowest BCUT2D eigenvalue weighted by molar-refractivity contribution is 0.302. The van der Waals surface area contributed by atoms with Crippen molar-refractivity contribution < 1.29 is 0 Å². The molecule has 0 aromatic carbocycles. The number of rotatable bonds is 4. The van der Waals surface area contributed by atoms with Crippen LogP contribution in [0.1, 0.15) is 37.1 Å². The van der Waals surface area contributed by atoms with Crippen LogP contribution in [0.25, 0.3) is 0 Å². The molecule has 1 aromatic heterocycles. The summed E-state index contributed by atoms with van der Waals surface area (Å²) in [5.41, 5.74) is 3.07. The first kappa shape index (κ1) is 14.8. The van der Waals surface area contributed by atoms with Gasteiger partial charge in [-0.25, -0.2) is 0 Å². The van der Waals surface area contributed by atoms with Crippen LogP contribution in [-0.4, -0.2) is 23.1 Å². The second kappa shape index (κ2) is 6.23. The highest BCUT2D eigenvalue weighted by Gasteiger charge is 2.19. The summed E-state index contributed by atoms with van der Waals surface area (Å²) in [7, 11) is 2.09. The minimum atomic E-state index is 0.0375. The van der Waals surface area contributed by atoms with Crippen molar-refractivity contribution in [1.29, 1.82) is 5.26 Å². The van der Waals surface area contributed by atoms with Crippen molar-refractivity contribution in [3.05, 3.63) is 33.2 Å². The molecule has 0 N–H and O–H groups in total. The summed E-state index contributed by atoms with van der Waals surface area (Å²) >= 11 is 0. The van der Waals surface area contributed by atoms with Crippen molar-refractivity contribution in [2.75, 3.05) is 13.6 Å². The highest BCUT2D eigenvalue weighted by Crippen LogP contribution is 2.19. The van der Waals surface area contributed by atoms with E-state index in [0.29, 0.717) is 11.5 Å². The maximum Gasteiger partial charge on any atom is 0.255 e. The number of pyridine rings is 1. The molecule has 0 bridgehead atoms. The third-order valence-electron chi connectivity index (χ3n) is 3.93. The number of nitriles is 1. The third-order valence-corrected chi connectivity index (χ3v) is 3.93. The van der Waals surface area contributed by atoms with Gasteiger partial charge in [0.15, 0.2) is 0 Å². The summed E-state index contributed by atoms with van der Waals surface area (Å²) < 4.78 is 1.93. The van der Waals surface area contributed by atoms with Crippen molar-refractivity contribution >= 4 is 0 Å². The Hall–Kier alpha value is -1.60. The highest BCUT2D eigenvalue weighted by atomic mass is 16.1. The van der Waals surface area contributed by atoms with Crippen LogP contribution in [0.2, 0.25) is 0 Å². The zero-order valence-electron chi connectivity index (χ0n) is 12.6. The SMILES string of the molecule is CC(C)CCn1c2c(cc(CC#N)c1=O)CN(C)CC2. The number of nitrogens with zero attached hydrogens (tertiary/aromatic N) is 3. The fourth-order valence-electron chi connectivity index (χ4n) is 2.76. The molecule has 0 radical (unpaired) electrons. The van der Waals surface area contributed by atoms with Crippen LogP contribution in [0.4, 0.5) is 0 Å². The zero-order valence-corrected chi connectivity index (χ0v) is 12.6. The van der Waals surface area contributed by atoms with Crippen LogP contribution >= 0.6 is 0 Å². The van der Waals surface area contributed by atoms with E-state index in [1.165, 1.54) is 11.3 Å². The van der Waals surface area contributed by atoms with Crippen molar-refractivity contribution in [3.8, 4) is 6.07 Å². The van der Waals surface area contributed by atoms with E-state index in [4.69, 9.17) is 5.26 Å². The fraction of sp³-hybridized carbons (Fsp3) is 0.625. The first-order valence-electron chi connectivity index (χ1n) is 7.33. The van der Waals surface area contributed by atoms with Gasteiger partial charge in [0, 0.05) is 37.3 Å². The molecule has 1 aliphatic heterocycles. The molecule has 2 rings (SSSR count). The number of likely N-dealkylation sites (N-methyl/N-ethyl adjacent to an activating group) is 1. The Labute approximate surface area is 120 Å². The molecule has 4 heteroatoms. The lowest BCUT2D eigenvalue weighted by atomic mass is 10.0. The predicted molar refractivity (Wildman–Crippen MR) is 79.5 cm³/mol. The molecule has 0 unspecified atom stereocenters. The molecule has 0 aliphatic carbocycles. The predicted octanol–water partition coefficient (Wildman–Crippen LogP) is 1.95. The Morgan fingerprint density at radius 2 is 2.20 bits per heavy atom. The smallest absolute Gasteiger partial charge is 0.255 e. The van der Waals surface area contributed by atoms with Gasteiger partial charge in [-0.1, -0.05) is 13.8 Å². The van der Waals surface area contributed by atoms with Gasteiger partial charge in [0.05, 0.1) is 12.5 Å². The molecule has 20 heavy (non-hydrogen) atoms. The molecule has 0 spiro atoms. The van der Waals surface area contributed by atoms with Gasteiger partial charge < -0.3 is 9.47 Å². The third kappa shape index (κ3) is 3.10. The van der Waals surface area contributed by atoms with Gasteiger partial charge in [0.25, 0.3) is 5.56 Å². The van der Waals surface area contributed by atoms with Gasteiger partial charge in [0.1, 0.15) is 0 Å². The van der Waals surface area contributed by atoms with E-state index in [1.54, 1.807) is 0 Å². The molecule has 0 fully saturated rings. The van der Waals surface area contributed by atoms with E-state index in [2.05, 4.69) is 31.9 Å². The molecule has 0 amide bonds. The monoisotopic (exact) mass is 273 g/mol. The Morgan fingerprint density at radius 3 is 2.85 bits per heavy atom. The van der Waals surface area contributed by atoms with Gasteiger partial charge in [-0.05, 0) is 31.0 Å². The van der Waals surface area contributed by atoms with Crippen molar-refractivity contribution in [1.82, 2.24) is 9.47 Å². The average molecular weight is 273 g/mol. The quantitative estimate of drug-likeness (QED) is 0.842. The summed E-state index contributed by atoms with van der Waals surface area (Å²) in [5.74, 6) is 0.573. The lowest BCUT2D eigenvalue weighted by Gasteiger charge is -2.28. The maximum absolute atomic E-state index is 12.5. The van der Waals surface area contributed by atoms with Gasteiger partial charge in [-0.3, -0.25) is 4.79 Å². The van der Waals surface area contributed by atoms with Crippen molar-refractivity contribution in [3.63, 3.8) is 0 Å². The fourth-order valence-corrected chi connectivity index (χ4v) is 2.76. The van der Waals surface area contributed by atoms with Crippen LogP contribution < -0.4 is 5.56 Å². The summed E-state index contributed by atoms with van der Waals surface area (Å²) in [6.45, 7) is 6.97. The van der Waals surface area contributed by atoms with Crippen LogP contribution in [-0.2, 0) is 25.9 Å². The first-order chi connectivity index (χ1) is 9.52. The summed E-state index contributed by atoms with van der Waals surface area (Å²) in [6, 6.07) is 4.05. The molecular formula is C16H23N3O. The molecule has 2 heterocycles. The number of hydrogen-bond acceptors (Lipinski definition) is 3. The molecule has 1 aliphatic rings. The second-order valence-corrected chi connectivity index (χ2v) is 6.10. The van der Waals surface area contributed by atoms with E-state index >= 15 is 0 Å². The molecule has 1 aromatic rings. The summed E-state index contributed by atoms with van der Waals surface area (Å²) in [6.07, 6.45) is 2.13. The normalized spacial score (nSPS) is 15.2. The molecule has 0 saturated heterocycles. The zero-order chi connectivity index (χ0) is 14.7. The average Bonchev–Trinajstić information content (AvgIpc) is 2.39. The van der Waals surface area contributed by atoms with Crippen LogP contribution in [0.3, 0.4) is 0 Å². The molecule has 108 valence electrons. The number of aromatic nitrogens is 1. The molecular weight excluding hydrogens is 250 g/mol. The Balaban J connectivity index is 2.46. The molecule has 0 saturated carbocycles. The maximum atomic E-state index is 12.5. The summed E-state index contributed by atoms with van der Waals surface area (Å²) in [5, 5.41) is 8.90. The Kier molecular flexibility index (Phi) is 4.61. The largest absolute Gasteiger partial charge is 0.312 e. The van der Waals surface area contributed by atoms with Crippen LogP contribution in [0.15, 0.2) is 10.9 Å². The summed E-state index contributed by atoms with van der Waals surface area (Å²) in [4.78, 5) is 14.8.